The van der Waals surface area contributed by atoms with Crippen molar-refractivity contribution in [1.29, 1.82) is 0 Å². The summed E-state index contributed by atoms with van der Waals surface area (Å²) >= 11 is 0. The number of carbonyl (C=O) groups is 1. The van der Waals surface area contributed by atoms with Gasteiger partial charge in [-0.15, -0.1) is 0 Å². The van der Waals surface area contributed by atoms with Gasteiger partial charge in [-0.25, -0.2) is 0 Å². The molecule has 3 nitrogen and oxygen atoms in total. The second kappa shape index (κ2) is 25.8. The van der Waals surface area contributed by atoms with Crippen LogP contribution in [0, 0.1) is 5.92 Å². The summed E-state index contributed by atoms with van der Waals surface area (Å²) in [4.78, 5) is 13.4. The quantitative estimate of drug-likeness (QED) is 0.0764. The molecule has 196 valence electrons. The van der Waals surface area contributed by atoms with Crippen molar-refractivity contribution in [2.45, 2.75) is 142 Å². The van der Waals surface area contributed by atoms with Crippen LogP contribution in [0.3, 0.4) is 0 Å². The third kappa shape index (κ3) is 25.6. The van der Waals surface area contributed by atoms with E-state index < -0.39 is 0 Å². The first-order valence-electron chi connectivity index (χ1n) is 14.5. The topological polar surface area (TPSA) is 29.5 Å². The summed E-state index contributed by atoms with van der Waals surface area (Å²) in [5.41, 5.74) is 0. The molecule has 0 aromatic heterocycles. The highest BCUT2D eigenvalue weighted by molar-refractivity contribution is 5.68. The fourth-order valence-electron chi connectivity index (χ4n) is 4.54. The predicted octanol–water partition coefficient (Wildman–Crippen LogP) is 9.11. The van der Waals surface area contributed by atoms with Gasteiger partial charge in [0.25, 0.3) is 0 Å². The van der Waals surface area contributed by atoms with Gasteiger partial charge in [-0.2, -0.15) is 0 Å². The first-order chi connectivity index (χ1) is 16.1. The molecular formula is C30H59NO2. The van der Waals surface area contributed by atoms with Crippen LogP contribution in [-0.4, -0.2) is 38.6 Å². The second-order valence-electron chi connectivity index (χ2n) is 10.4. The molecule has 1 atom stereocenters. The molecule has 33 heavy (non-hydrogen) atoms. The van der Waals surface area contributed by atoms with Gasteiger partial charge in [0.2, 0.25) is 0 Å². The first kappa shape index (κ1) is 32.2. The van der Waals surface area contributed by atoms with Crippen LogP contribution in [0.4, 0.5) is 0 Å². The summed E-state index contributed by atoms with van der Waals surface area (Å²) in [5.74, 6) is 0.879. The van der Waals surface area contributed by atoms with E-state index in [4.69, 9.17) is 0 Å². The van der Waals surface area contributed by atoms with Crippen molar-refractivity contribution in [3.8, 4) is 0 Å². The Morgan fingerprint density at radius 3 is 1.70 bits per heavy atom. The maximum Gasteiger partial charge on any atom is 0.305 e. The highest BCUT2D eigenvalue weighted by Crippen LogP contribution is 2.22. The van der Waals surface area contributed by atoms with E-state index in [1.165, 1.54) is 129 Å². The Hall–Kier alpha value is -0.830. The molecule has 0 fully saturated rings. The minimum atomic E-state index is -0.0737. The zero-order chi connectivity index (χ0) is 24.4. The minimum Gasteiger partial charge on any atom is -0.469 e. The average molecular weight is 466 g/mol. The average Bonchev–Trinajstić information content (AvgIpc) is 2.81. The molecule has 3 heteroatoms. The number of unbranched alkanes of at least 4 members (excludes halogenated alkanes) is 14. The fourth-order valence-corrected chi connectivity index (χ4v) is 4.54. The number of hydrogen-bond donors (Lipinski definition) is 0. The van der Waals surface area contributed by atoms with Crippen LogP contribution in [0.15, 0.2) is 12.2 Å². The third-order valence-corrected chi connectivity index (χ3v) is 6.83. The Morgan fingerprint density at radius 1 is 0.697 bits per heavy atom. The molecule has 0 heterocycles. The van der Waals surface area contributed by atoms with Crippen LogP contribution in [0.1, 0.15) is 142 Å². The molecular weight excluding hydrogens is 406 g/mol. The molecule has 1 unspecified atom stereocenters. The molecule has 0 rings (SSSR count). The van der Waals surface area contributed by atoms with E-state index in [2.05, 4.69) is 42.8 Å². The van der Waals surface area contributed by atoms with Crippen LogP contribution in [0.5, 0.6) is 0 Å². The zero-order valence-electron chi connectivity index (χ0n) is 23.1. The molecule has 0 bridgehead atoms. The Bertz CT molecular complexity index is 433. The summed E-state index contributed by atoms with van der Waals surface area (Å²) < 4.78 is 4.67. The van der Waals surface area contributed by atoms with Gasteiger partial charge >= 0.3 is 5.97 Å². The molecule has 0 aliphatic heterocycles. The molecule has 0 saturated heterocycles. The maximum atomic E-state index is 11.0. The normalized spacial score (nSPS) is 12.6. The van der Waals surface area contributed by atoms with Gasteiger partial charge in [0.1, 0.15) is 0 Å². The first-order valence-corrected chi connectivity index (χ1v) is 14.5. The number of ether oxygens (including phenoxy) is 1. The standard InChI is InChI=1S/C30H59NO2/c1-5-6-7-21-24-29(27-28-31(2)3)25-22-19-17-15-13-11-9-8-10-12-14-16-18-20-23-26-30(32)33-4/h8,10,29H,5-7,9,11-28H2,1-4H3/b10-8-. The lowest BCUT2D eigenvalue weighted by molar-refractivity contribution is -0.140. The van der Waals surface area contributed by atoms with Gasteiger partial charge < -0.3 is 9.64 Å². The Kier molecular flexibility index (Phi) is 25.1. The molecule has 0 radical (unpaired) electrons. The molecule has 0 saturated carbocycles. The van der Waals surface area contributed by atoms with Crippen molar-refractivity contribution in [1.82, 2.24) is 4.90 Å². The maximum absolute atomic E-state index is 11.0. The molecule has 0 aliphatic rings. The molecule has 0 N–H and O–H groups in total. The van der Waals surface area contributed by atoms with Crippen LogP contribution < -0.4 is 0 Å². The SMILES string of the molecule is CCCCCCC(CCCCCCCC/C=C\CCCCCCCC(=O)OC)CCN(C)C. The van der Waals surface area contributed by atoms with E-state index in [1.54, 1.807) is 0 Å². The molecule has 0 aromatic carbocycles. The number of hydrogen-bond acceptors (Lipinski definition) is 3. The van der Waals surface area contributed by atoms with Crippen LogP contribution in [-0.2, 0) is 9.53 Å². The van der Waals surface area contributed by atoms with E-state index in [1.807, 2.05) is 0 Å². The van der Waals surface area contributed by atoms with Crippen molar-refractivity contribution < 1.29 is 9.53 Å². The lowest BCUT2D eigenvalue weighted by Crippen LogP contribution is -2.17. The smallest absolute Gasteiger partial charge is 0.305 e. The van der Waals surface area contributed by atoms with Crippen LogP contribution in [0.2, 0.25) is 0 Å². The number of allylic oxidation sites excluding steroid dienone is 2. The summed E-state index contributed by atoms with van der Waals surface area (Å²) in [6.07, 6.45) is 32.1. The van der Waals surface area contributed by atoms with E-state index in [0.29, 0.717) is 6.42 Å². The summed E-state index contributed by atoms with van der Waals surface area (Å²) in [5, 5.41) is 0. The van der Waals surface area contributed by atoms with Crippen molar-refractivity contribution in [3.63, 3.8) is 0 Å². The van der Waals surface area contributed by atoms with Gasteiger partial charge in [-0.05, 0) is 65.1 Å². The van der Waals surface area contributed by atoms with E-state index in [9.17, 15) is 4.79 Å². The van der Waals surface area contributed by atoms with Gasteiger partial charge in [0.05, 0.1) is 7.11 Å². The molecule has 0 spiro atoms. The van der Waals surface area contributed by atoms with E-state index in [-0.39, 0.29) is 5.97 Å². The summed E-state index contributed by atoms with van der Waals surface area (Å²) in [7, 11) is 5.89. The van der Waals surface area contributed by atoms with E-state index >= 15 is 0 Å². The fraction of sp³-hybridized carbons (Fsp3) is 0.900. The monoisotopic (exact) mass is 465 g/mol. The molecule has 0 aliphatic carbocycles. The van der Waals surface area contributed by atoms with Crippen molar-refractivity contribution >= 4 is 5.97 Å². The van der Waals surface area contributed by atoms with Crippen LogP contribution >= 0.6 is 0 Å². The highest BCUT2D eigenvalue weighted by atomic mass is 16.5. The number of rotatable bonds is 25. The minimum absolute atomic E-state index is 0.0737. The lowest BCUT2D eigenvalue weighted by atomic mass is 9.91. The number of esters is 1. The zero-order valence-corrected chi connectivity index (χ0v) is 23.1. The largest absolute Gasteiger partial charge is 0.469 e. The predicted molar refractivity (Wildman–Crippen MR) is 146 cm³/mol. The highest BCUT2D eigenvalue weighted by Gasteiger charge is 2.09. The summed E-state index contributed by atoms with van der Waals surface area (Å²) in [6.45, 7) is 3.56. The number of methoxy groups -OCH3 is 1. The third-order valence-electron chi connectivity index (χ3n) is 6.83. The summed E-state index contributed by atoms with van der Waals surface area (Å²) in [6, 6.07) is 0. The van der Waals surface area contributed by atoms with Crippen molar-refractivity contribution in [2.75, 3.05) is 27.7 Å². The Labute approximate surface area is 208 Å². The van der Waals surface area contributed by atoms with Gasteiger partial charge in [0.15, 0.2) is 0 Å². The van der Waals surface area contributed by atoms with Crippen LogP contribution in [0.25, 0.3) is 0 Å². The molecule has 0 aromatic rings. The van der Waals surface area contributed by atoms with Gasteiger partial charge in [-0.3, -0.25) is 4.79 Å². The Morgan fingerprint density at radius 2 is 1.18 bits per heavy atom. The molecule has 0 amide bonds. The van der Waals surface area contributed by atoms with Crippen molar-refractivity contribution in [3.05, 3.63) is 12.2 Å². The van der Waals surface area contributed by atoms with Crippen molar-refractivity contribution in [2.24, 2.45) is 5.92 Å². The number of nitrogens with zero attached hydrogens (tertiary/aromatic N) is 1. The lowest BCUT2D eigenvalue weighted by Gasteiger charge is -2.19. The van der Waals surface area contributed by atoms with Gasteiger partial charge in [-0.1, -0.05) is 109 Å². The van der Waals surface area contributed by atoms with Gasteiger partial charge in [0, 0.05) is 6.42 Å². The van der Waals surface area contributed by atoms with E-state index in [0.717, 1.165) is 18.8 Å². The number of carbonyl (C=O) groups excluding carboxylic acids is 1. The second-order valence-corrected chi connectivity index (χ2v) is 10.4. The Balaban J connectivity index is 3.49.